The Morgan fingerprint density at radius 2 is 2.00 bits per heavy atom. The molecule has 7 nitrogen and oxygen atoms in total. The number of fused-ring (bicyclic) bond motifs is 1. The molecule has 1 atom stereocenters. The SMILES string of the molecule is CNc1ccc(C(=O)N2CCC(Nc3ncc(Cl)c(-c4c[nH]c5ccccc45)n3)C2)cc1. The Kier molecular flexibility index (Phi) is 5.41. The van der Waals surface area contributed by atoms with Crippen molar-refractivity contribution in [1.82, 2.24) is 19.9 Å². The number of carbonyl (C=O) groups is 1. The number of benzene rings is 2. The number of anilines is 2. The lowest BCUT2D eigenvalue weighted by Crippen LogP contribution is -2.31. The van der Waals surface area contributed by atoms with Gasteiger partial charge in [-0.15, -0.1) is 0 Å². The highest BCUT2D eigenvalue weighted by atomic mass is 35.5. The molecule has 0 bridgehead atoms. The van der Waals surface area contributed by atoms with Crippen LogP contribution in [0.15, 0.2) is 60.9 Å². The molecule has 0 spiro atoms. The van der Waals surface area contributed by atoms with Gasteiger partial charge in [-0.1, -0.05) is 29.8 Å². The largest absolute Gasteiger partial charge is 0.388 e. The fraction of sp³-hybridized carbons (Fsp3) is 0.208. The Morgan fingerprint density at radius 1 is 1.19 bits per heavy atom. The minimum atomic E-state index is 0.0356. The van der Waals surface area contributed by atoms with E-state index in [0.717, 1.165) is 28.6 Å². The van der Waals surface area contributed by atoms with E-state index in [4.69, 9.17) is 16.6 Å². The van der Waals surface area contributed by atoms with Crippen molar-refractivity contribution in [3.8, 4) is 11.3 Å². The molecule has 1 aliphatic heterocycles. The summed E-state index contributed by atoms with van der Waals surface area (Å²) >= 11 is 6.43. The Labute approximate surface area is 190 Å². The van der Waals surface area contributed by atoms with Gasteiger partial charge in [-0.25, -0.2) is 9.97 Å². The van der Waals surface area contributed by atoms with Crippen LogP contribution in [0.2, 0.25) is 5.02 Å². The lowest BCUT2D eigenvalue weighted by atomic mass is 10.1. The van der Waals surface area contributed by atoms with Gasteiger partial charge in [0.15, 0.2) is 0 Å². The molecule has 5 rings (SSSR count). The monoisotopic (exact) mass is 446 g/mol. The van der Waals surface area contributed by atoms with Gasteiger partial charge in [-0.2, -0.15) is 0 Å². The molecule has 8 heteroatoms. The van der Waals surface area contributed by atoms with Gasteiger partial charge in [0, 0.05) is 60.1 Å². The maximum absolute atomic E-state index is 12.8. The predicted molar refractivity (Wildman–Crippen MR) is 128 cm³/mol. The van der Waals surface area contributed by atoms with E-state index < -0.39 is 0 Å². The Hall–Kier alpha value is -3.58. The standard InChI is InChI=1S/C24H23ClN6O/c1-26-16-8-6-15(7-9-16)23(32)31-11-10-17(14-31)29-24-28-13-20(25)22(30-24)19-12-27-21-5-3-2-4-18(19)21/h2-9,12-13,17,26-27H,10-11,14H2,1H3,(H,28,29,30). The van der Waals surface area contributed by atoms with E-state index >= 15 is 0 Å². The zero-order chi connectivity index (χ0) is 22.1. The topological polar surface area (TPSA) is 85.9 Å². The highest BCUT2D eigenvalue weighted by Gasteiger charge is 2.27. The van der Waals surface area contributed by atoms with Gasteiger partial charge in [-0.3, -0.25) is 4.79 Å². The smallest absolute Gasteiger partial charge is 0.253 e. The van der Waals surface area contributed by atoms with Gasteiger partial charge < -0.3 is 20.5 Å². The normalized spacial score (nSPS) is 15.8. The number of hydrogen-bond acceptors (Lipinski definition) is 5. The Balaban J connectivity index is 1.31. The van der Waals surface area contributed by atoms with Crippen molar-refractivity contribution in [2.24, 2.45) is 0 Å². The summed E-state index contributed by atoms with van der Waals surface area (Å²) in [7, 11) is 1.86. The van der Waals surface area contributed by atoms with E-state index in [9.17, 15) is 4.79 Å². The lowest BCUT2D eigenvalue weighted by Gasteiger charge is -2.17. The van der Waals surface area contributed by atoms with Crippen LogP contribution in [-0.4, -0.2) is 51.9 Å². The number of likely N-dealkylation sites (tertiary alicyclic amines) is 1. The minimum Gasteiger partial charge on any atom is -0.388 e. The summed E-state index contributed by atoms with van der Waals surface area (Å²) in [6, 6.07) is 15.6. The molecule has 2 aromatic heterocycles. The minimum absolute atomic E-state index is 0.0356. The summed E-state index contributed by atoms with van der Waals surface area (Å²) in [6.45, 7) is 1.29. The van der Waals surface area contributed by atoms with Crippen molar-refractivity contribution in [2.45, 2.75) is 12.5 Å². The first-order valence-electron chi connectivity index (χ1n) is 10.5. The van der Waals surface area contributed by atoms with Gasteiger partial charge in [0.05, 0.1) is 16.9 Å². The fourth-order valence-electron chi connectivity index (χ4n) is 4.10. The van der Waals surface area contributed by atoms with Crippen molar-refractivity contribution in [3.63, 3.8) is 0 Å². The molecule has 162 valence electrons. The van der Waals surface area contributed by atoms with Crippen LogP contribution in [0.5, 0.6) is 0 Å². The van der Waals surface area contributed by atoms with Gasteiger partial charge >= 0.3 is 0 Å². The maximum atomic E-state index is 12.8. The molecule has 1 fully saturated rings. The molecule has 1 saturated heterocycles. The van der Waals surface area contributed by atoms with E-state index in [1.807, 2.05) is 66.7 Å². The fourth-order valence-corrected chi connectivity index (χ4v) is 4.29. The van der Waals surface area contributed by atoms with Crippen LogP contribution < -0.4 is 10.6 Å². The molecule has 4 aromatic rings. The van der Waals surface area contributed by atoms with Crippen LogP contribution >= 0.6 is 11.6 Å². The number of para-hydroxylation sites is 1. The number of rotatable bonds is 5. The molecular weight excluding hydrogens is 424 g/mol. The molecular formula is C24H23ClN6O. The Morgan fingerprint density at radius 3 is 2.81 bits per heavy atom. The molecule has 0 radical (unpaired) electrons. The number of nitrogens with zero attached hydrogens (tertiary/aromatic N) is 3. The van der Waals surface area contributed by atoms with Gasteiger partial charge in [0.1, 0.15) is 0 Å². The number of aromatic amines is 1. The number of carbonyl (C=O) groups excluding carboxylic acids is 1. The third kappa shape index (κ3) is 3.87. The second-order valence-electron chi connectivity index (χ2n) is 7.85. The van der Waals surface area contributed by atoms with Crippen molar-refractivity contribution in [1.29, 1.82) is 0 Å². The quantitative estimate of drug-likeness (QED) is 0.415. The van der Waals surface area contributed by atoms with E-state index in [0.29, 0.717) is 35.3 Å². The van der Waals surface area contributed by atoms with Crippen molar-refractivity contribution < 1.29 is 4.79 Å². The summed E-state index contributed by atoms with van der Waals surface area (Å²) in [5, 5.41) is 7.99. The maximum Gasteiger partial charge on any atom is 0.253 e. The van der Waals surface area contributed by atoms with Gasteiger partial charge in [0.25, 0.3) is 5.91 Å². The number of H-pyrrole nitrogens is 1. The second kappa shape index (κ2) is 8.51. The molecule has 32 heavy (non-hydrogen) atoms. The highest BCUT2D eigenvalue weighted by Crippen LogP contribution is 2.32. The summed E-state index contributed by atoms with van der Waals surface area (Å²) < 4.78 is 0. The van der Waals surface area contributed by atoms with Crippen LogP contribution in [0.25, 0.3) is 22.2 Å². The average Bonchev–Trinajstić information content (AvgIpc) is 3.47. The predicted octanol–water partition coefficient (Wildman–Crippen LogP) is 4.65. The van der Waals surface area contributed by atoms with Crippen LogP contribution in [0, 0.1) is 0 Å². The van der Waals surface area contributed by atoms with Crippen molar-refractivity contribution in [3.05, 3.63) is 71.5 Å². The lowest BCUT2D eigenvalue weighted by molar-refractivity contribution is 0.0791. The molecule has 3 N–H and O–H groups in total. The van der Waals surface area contributed by atoms with Crippen LogP contribution in [0.1, 0.15) is 16.8 Å². The van der Waals surface area contributed by atoms with Crippen molar-refractivity contribution in [2.75, 3.05) is 30.8 Å². The third-order valence-corrected chi connectivity index (χ3v) is 6.09. The first kappa shape index (κ1) is 20.3. The van der Waals surface area contributed by atoms with Crippen LogP contribution in [0.3, 0.4) is 0 Å². The first-order valence-corrected chi connectivity index (χ1v) is 10.9. The highest BCUT2D eigenvalue weighted by molar-refractivity contribution is 6.33. The zero-order valence-electron chi connectivity index (χ0n) is 17.6. The molecule has 1 aliphatic rings. The van der Waals surface area contributed by atoms with E-state index in [-0.39, 0.29) is 11.9 Å². The van der Waals surface area contributed by atoms with Crippen LogP contribution in [0.4, 0.5) is 11.6 Å². The van der Waals surface area contributed by atoms with Crippen LogP contribution in [-0.2, 0) is 0 Å². The molecule has 1 unspecified atom stereocenters. The van der Waals surface area contributed by atoms with E-state index in [2.05, 4.69) is 20.6 Å². The Bertz CT molecular complexity index is 1270. The molecule has 1 amide bonds. The van der Waals surface area contributed by atoms with Crippen molar-refractivity contribution >= 4 is 40.0 Å². The summed E-state index contributed by atoms with van der Waals surface area (Å²) in [5.74, 6) is 0.542. The zero-order valence-corrected chi connectivity index (χ0v) is 18.4. The number of aromatic nitrogens is 3. The first-order chi connectivity index (χ1) is 15.6. The summed E-state index contributed by atoms with van der Waals surface area (Å²) in [6.07, 6.45) is 4.36. The number of hydrogen-bond donors (Lipinski definition) is 3. The average molecular weight is 447 g/mol. The van der Waals surface area contributed by atoms with Gasteiger partial charge in [0.2, 0.25) is 5.95 Å². The third-order valence-electron chi connectivity index (χ3n) is 5.82. The molecule has 0 aliphatic carbocycles. The summed E-state index contributed by atoms with van der Waals surface area (Å²) in [4.78, 5) is 27.0. The number of amides is 1. The molecule has 0 saturated carbocycles. The molecule has 2 aromatic carbocycles. The van der Waals surface area contributed by atoms with E-state index in [1.165, 1.54) is 0 Å². The molecule has 3 heterocycles. The summed E-state index contributed by atoms with van der Waals surface area (Å²) in [5.41, 5.74) is 4.31. The van der Waals surface area contributed by atoms with Gasteiger partial charge in [-0.05, 0) is 36.8 Å². The van der Waals surface area contributed by atoms with E-state index in [1.54, 1.807) is 6.20 Å². The second-order valence-corrected chi connectivity index (χ2v) is 8.25. The number of nitrogens with one attached hydrogen (secondary N) is 3. The number of halogens is 1.